The zero-order chi connectivity index (χ0) is 17.9. The zero-order valence-corrected chi connectivity index (χ0v) is 18.4. The van der Waals surface area contributed by atoms with E-state index in [2.05, 4.69) is 89.2 Å². The van der Waals surface area contributed by atoms with E-state index in [1.165, 1.54) is 16.8 Å². The first-order valence-electron chi connectivity index (χ1n) is 8.94. The number of hydrogen-bond donors (Lipinski definition) is 2. The number of hydrogen-bond acceptors (Lipinski definition) is 2. The Hall–Kier alpha value is -1.76. The van der Waals surface area contributed by atoms with Crippen molar-refractivity contribution >= 4 is 35.6 Å². The molecule has 0 atom stereocenters. The van der Waals surface area contributed by atoms with E-state index in [0.29, 0.717) is 0 Å². The number of nitrogens with one attached hydrogen (secondary N) is 2. The number of nitrogens with zero attached hydrogens (tertiary/aromatic N) is 2. The lowest BCUT2D eigenvalue weighted by atomic mass is 10.1. The van der Waals surface area contributed by atoms with Crippen molar-refractivity contribution < 1.29 is 0 Å². The minimum atomic E-state index is 0. The van der Waals surface area contributed by atoms with Gasteiger partial charge in [-0.05, 0) is 42.5 Å². The summed E-state index contributed by atoms with van der Waals surface area (Å²) in [6.07, 6.45) is 3.16. The molecular weight excluding hydrogens is 435 g/mol. The molecule has 5 heteroatoms. The molecule has 2 N–H and O–H groups in total. The van der Waals surface area contributed by atoms with E-state index in [1.54, 1.807) is 0 Å². The van der Waals surface area contributed by atoms with Crippen molar-refractivity contribution in [2.24, 2.45) is 4.99 Å². The van der Waals surface area contributed by atoms with E-state index in [1.807, 2.05) is 7.05 Å². The first-order chi connectivity index (χ1) is 12.2. The average molecular weight is 466 g/mol. The fourth-order valence-corrected chi connectivity index (χ4v) is 2.65. The molecule has 0 heterocycles. The summed E-state index contributed by atoms with van der Waals surface area (Å²) in [5.74, 6) is 0.873. The van der Waals surface area contributed by atoms with Gasteiger partial charge in [0.2, 0.25) is 0 Å². The van der Waals surface area contributed by atoms with Gasteiger partial charge in [0.25, 0.3) is 0 Å². The average Bonchev–Trinajstić information content (AvgIpc) is 2.65. The smallest absolute Gasteiger partial charge is 0.190 e. The lowest BCUT2D eigenvalue weighted by Gasteiger charge is -2.14. The molecule has 0 saturated heterocycles. The van der Waals surface area contributed by atoms with Gasteiger partial charge in [0.1, 0.15) is 0 Å². The molecule has 0 unspecified atom stereocenters. The Kier molecular flexibility index (Phi) is 10.8. The molecule has 142 valence electrons. The SMILES string of the molecule is CN=C(NCCCc1ccccc1)NCCc1ccc(N(C)C)cc1.I. The fraction of sp³-hybridized carbons (Fsp3) is 0.381. The number of aliphatic imine (C=N–C) groups is 1. The van der Waals surface area contributed by atoms with Crippen molar-refractivity contribution in [2.45, 2.75) is 19.3 Å². The van der Waals surface area contributed by atoms with Crippen molar-refractivity contribution in [3.63, 3.8) is 0 Å². The van der Waals surface area contributed by atoms with Crippen LogP contribution in [-0.2, 0) is 12.8 Å². The highest BCUT2D eigenvalue weighted by Crippen LogP contribution is 2.12. The summed E-state index contributed by atoms with van der Waals surface area (Å²) in [7, 11) is 5.94. The van der Waals surface area contributed by atoms with E-state index in [0.717, 1.165) is 38.3 Å². The molecule has 0 aliphatic carbocycles. The molecule has 0 spiro atoms. The van der Waals surface area contributed by atoms with Gasteiger partial charge in [0.15, 0.2) is 5.96 Å². The first-order valence-corrected chi connectivity index (χ1v) is 8.94. The van der Waals surface area contributed by atoms with Crippen molar-refractivity contribution in [3.8, 4) is 0 Å². The molecule has 0 amide bonds. The Morgan fingerprint density at radius 1 is 0.846 bits per heavy atom. The fourth-order valence-electron chi connectivity index (χ4n) is 2.65. The van der Waals surface area contributed by atoms with Gasteiger partial charge in [0, 0.05) is 39.9 Å². The van der Waals surface area contributed by atoms with Gasteiger partial charge in [-0.1, -0.05) is 42.5 Å². The van der Waals surface area contributed by atoms with Crippen LogP contribution in [0.4, 0.5) is 5.69 Å². The largest absolute Gasteiger partial charge is 0.378 e. The maximum Gasteiger partial charge on any atom is 0.190 e. The highest BCUT2D eigenvalue weighted by atomic mass is 127. The second kappa shape index (κ2) is 12.6. The third kappa shape index (κ3) is 8.08. The Morgan fingerprint density at radius 2 is 1.46 bits per heavy atom. The van der Waals surface area contributed by atoms with E-state index in [9.17, 15) is 0 Å². The van der Waals surface area contributed by atoms with Crippen molar-refractivity contribution in [2.75, 3.05) is 39.1 Å². The van der Waals surface area contributed by atoms with E-state index >= 15 is 0 Å². The molecule has 2 aromatic carbocycles. The maximum absolute atomic E-state index is 4.29. The lowest BCUT2D eigenvalue weighted by molar-refractivity contribution is 0.739. The standard InChI is InChI=1S/C21H30N4.HI/c1-22-21(23-16-7-10-18-8-5-4-6-9-18)24-17-15-19-11-13-20(14-12-19)25(2)3;/h4-6,8-9,11-14H,7,10,15-17H2,1-3H3,(H2,22,23,24);1H. The highest BCUT2D eigenvalue weighted by molar-refractivity contribution is 14.0. The van der Waals surface area contributed by atoms with Gasteiger partial charge in [0.05, 0.1) is 0 Å². The zero-order valence-electron chi connectivity index (χ0n) is 16.0. The Labute approximate surface area is 175 Å². The first kappa shape index (κ1) is 22.3. The summed E-state index contributed by atoms with van der Waals surface area (Å²) >= 11 is 0. The van der Waals surface area contributed by atoms with Crippen LogP contribution in [0.5, 0.6) is 0 Å². The monoisotopic (exact) mass is 466 g/mol. The summed E-state index contributed by atoms with van der Waals surface area (Å²) in [4.78, 5) is 6.40. The van der Waals surface area contributed by atoms with Crippen LogP contribution < -0.4 is 15.5 Å². The predicted molar refractivity (Wildman–Crippen MR) is 124 cm³/mol. The van der Waals surface area contributed by atoms with E-state index in [-0.39, 0.29) is 24.0 Å². The van der Waals surface area contributed by atoms with Crippen LogP contribution in [0, 0.1) is 0 Å². The summed E-state index contributed by atoms with van der Waals surface area (Å²) < 4.78 is 0. The molecule has 0 radical (unpaired) electrons. The number of halogens is 1. The van der Waals surface area contributed by atoms with Crippen LogP contribution in [0.1, 0.15) is 17.5 Å². The van der Waals surface area contributed by atoms with Crippen molar-refractivity contribution in [3.05, 3.63) is 65.7 Å². The van der Waals surface area contributed by atoms with Crippen molar-refractivity contribution in [1.82, 2.24) is 10.6 Å². The molecule has 0 bridgehead atoms. The quantitative estimate of drug-likeness (QED) is 0.270. The van der Waals surface area contributed by atoms with Crippen LogP contribution in [0.25, 0.3) is 0 Å². The van der Waals surface area contributed by atoms with Gasteiger partial charge in [-0.15, -0.1) is 24.0 Å². The minimum Gasteiger partial charge on any atom is -0.378 e. The molecule has 2 rings (SSSR count). The molecule has 4 nitrogen and oxygen atoms in total. The van der Waals surface area contributed by atoms with Crippen LogP contribution in [0.15, 0.2) is 59.6 Å². The summed E-state index contributed by atoms with van der Waals surface area (Å²) in [6.45, 7) is 1.80. The Bertz CT molecular complexity index is 639. The second-order valence-electron chi connectivity index (χ2n) is 6.33. The van der Waals surface area contributed by atoms with E-state index in [4.69, 9.17) is 0 Å². The van der Waals surface area contributed by atoms with Gasteiger partial charge in [-0.25, -0.2) is 0 Å². The summed E-state index contributed by atoms with van der Waals surface area (Å²) in [5.41, 5.74) is 3.94. The number of guanidine groups is 1. The number of rotatable bonds is 8. The Morgan fingerprint density at radius 3 is 2.08 bits per heavy atom. The third-order valence-corrected chi connectivity index (χ3v) is 4.16. The number of aryl methyl sites for hydroxylation is 1. The molecule has 0 saturated carbocycles. The molecule has 2 aromatic rings. The molecule has 0 aliphatic rings. The van der Waals surface area contributed by atoms with Crippen molar-refractivity contribution in [1.29, 1.82) is 0 Å². The second-order valence-corrected chi connectivity index (χ2v) is 6.33. The molecule has 0 fully saturated rings. The van der Waals surface area contributed by atoms with E-state index < -0.39 is 0 Å². The lowest BCUT2D eigenvalue weighted by Crippen LogP contribution is -2.38. The predicted octanol–water partition coefficient (Wildman–Crippen LogP) is 3.71. The molecule has 26 heavy (non-hydrogen) atoms. The van der Waals surface area contributed by atoms with Gasteiger partial charge in [-0.2, -0.15) is 0 Å². The highest BCUT2D eigenvalue weighted by Gasteiger charge is 1.99. The maximum atomic E-state index is 4.29. The molecule has 0 aliphatic heterocycles. The van der Waals surface area contributed by atoms with Crippen LogP contribution in [0.3, 0.4) is 0 Å². The topological polar surface area (TPSA) is 39.7 Å². The van der Waals surface area contributed by atoms with Crippen LogP contribution in [-0.4, -0.2) is 40.2 Å². The van der Waals surface area contributed by atoms with Gasteiger partial charge in [-0.3, -0.25) is 4.99 Å². The number of anilines is 1. The molecule has 0 aromatic heterocycles. The van der Waals surface area contributed by atoms with Gasteiger partial charge < -0.3 is 15.5 Å². The Balaban J connectivity index is 0.00000338. The van der Waals surface area contributed by atoms with Crippen LogP contribution in [0.2, 0.25) is 0 Å². The van der Waals surface area contributed by atoms with Gasteiger partial charge >= 0.3 is 0 Å². The molecular formula is C21H31IN4. The summed E-state index contributed by atoms with van der Waals surface area (Å²) in [6, 6.07) is 19.3. The van der Waals surface area contributed by atoms with Crippen LogP contribution >= 0.6 is 24.0 Å². The third-order valence-electron chi connectivity index (χ3n) is 4.16. The minimum absolute atomic E-state index is 0. The number of benzene rings is 2. The normalized spacial score (nSPS) is 10.8. The summed E-state index contributed by atoms with van der Waals surface area (Å²) in [5, 5.41) is 6.76.